The molecule has 47 heavy (non-hydrogen) atoms. The first-order chi connectivity index (χ1) is 22.8. The van der Waals surface area contributed by atoms with Crippen molar-refractivity contribution in [3.8, 4) is 17.2 Å². The second-order valence-corrected chi connectivity index (χ2v) is 13.2. The summed E-state index contributed by atoms with van der Waals surface area (Å²) in [5, 5.41) is 0.565. The van der Waals surface area contributed by atoms with E-state index in [1.807, 2.05) is 31.2 Å². The van der Waals surface area contributed by atoms with Crippen molar-refractivity contribution in [1.29, 1.82) is 0 Å². The molecule has 3 aliphatic heterocycles. The average molecular weight is 660 g/mol. The number of piperazine rings is 1. The molecule has 2 aromatic carbocycles. The highest BCUT2D eigenvalue weighted by Crippen LogP contribution is 2.51. The first-order valence-corrected chi connectivity index (χ1v) is 16.6. The van der Waals surface area contributed by atoms with Crippen molar-refractivity contribution in [2.75, 3.05) is 38.8 Å². The van der Waals surface area contributed by atoms with E-state index in [0.717, 1.165) is 73.7 Å². The van der Waals surface area contributed by atoms with E-state index in [-0.39, 0.29) is 6.10 Å². The number of methoxy groups -OCH3 is 2. The zero-order valence-electron chi connectivity index (χ0n) is 26.8. The van der Waals surface area contributed by atoms with E-state index >= 15 is 0 Å². The number of aromatic nitrogens is 3. The molecule has 0 radical (unpaired) electrons. The standard InChI is InChI=1S/C35H38ClN5O6/c1-35(30-12-9-22(36)18-37-30)46-28-8-4-7-26(33(28)47-35)40-14-13-39(24-10-11-25(24)40)20-31-38-32-27(41(31)19-23-6-5-15-45-23)16-21(34(42)44-3)17-29(32)43-2/h4,7-9,12,16-18,23-25H,5-6,10-11,13-15,19-20H2,1-3H3/t23-,24?,25?,35?/m0/s1. The zero-order valence-corrected chi connectivity index (χ0v) is 27.5. The molecule has 0 N–H and O–H groups in total. The van der Waals surface area contributed by atoms with Crippen molar-refractivity contribution in [3.05, 3.63) is 70.8 Å². The molecule has 11 nitrogen and oxygen atoms in total. The number of nitrogens with zero attached hydrogens (tertiary/aromatic N) is 5. The van der Waals surface area contributed by atoms with Crippen molar-refractivity contribution in [3.63, 3.8) is 0 Å². The van der Waals surface area contributed by atoms with Crippen molar-refractivity contribution < 1.29 is 28.5 Å². The smallest absolute Gasteiger partial charge is 0.338 e. The van der Waals surface area contributed by atoms with Crippen LogP contribution < -0.4 is 19.1 Å². The Morgan fingerprint density at radius 1 is 1.09 bits per heavy atom. The fourth-order valence-electron chi connectivity index (χ4n) is 7.53. The molecule has 4 aromatic rings. The van der Waals surface area contributed by atoms with Crippen LogP contribution in [0.1, 0.15) is 54.5 Å². The lowest BCUT2D eigenvalue weighted by Gasteiger charge is -2.54. The van der Waals surface area contributed by atoms with Crippen LogP contribution in [0.5, 0.6) is 17.2 Å². The molecule has 3 unspecified atom stereocenters. The van der Waals surface area contributed by atoms with Gasteiger partial charge in [0.25, 0.3) is 5.79 Å². The van der Waals surface area contributed by atoms with Crippen molar-refractivity contribution >= 4 is 34.3 Å². The van der Waals surface area contributed by atoms with Crippen LogP contribution >= 0.6 is 11.6 Å². The minimum absolute atomic E-state index is 0.100. The number of benzene rings is 2. The number of para-hydroxylation sites is 1. The number of halogens is 1. The molecule has 8 rings (SSSR count). The molecule has 2 saturated heterocycles. The number of hydrogen-bond donors (Lipinski definition) is 0. The van der Waals surface area contributed by atoms with Crippen LogP contribution in [0, 0.1) is 0 Å². The maximum atomic E-state index is 12.6. The van der Waals surface area contributed by atoms with Gasteiger partial charge in [-0.3, -0.25) is 9.88 Å². The topological polar surface area (TPSA) is 100 Å². The number of hydrogen-bond acceptors (Lipinski definition) is 10. The summed E-state index contributed by atoms with van der Waals surface area (Å²) in [6.45, 7) is 5.70. The molecule has 2 aromatic heterocycles. The quantitative estimate of drug-likeness (QED) is 0.224. The van der Waals surface area contributed by atoms with Crippen molar-refractivity contribution in [1.82, 2.24) is 19.4 Å². The fraction of sp³-hybridized carbons (Fsp3) is 0.457. The predicted molar refractivity (Wildman–Crippen MR) is 175 cm³/mol. The summed E-state index contributed by atoms with van der Waals surface area (Å²) in [4.78, 5) is 27.2. The summed E-state index contributed by atoms with van der Waals surface area (Å²) in [6.07, 6.45) is 5.94. The van der Waals surface area contributed by atoms with E-state index < -0.39 is 11.8 Å². The summed E-state index contributed by atoms with van der Waals surface area (Å²) >= 11 is 6.09. The summed E-state index contributed by atoms with van der Waals surface area (Å²) in [5.41, 5.74) is 3.74. The summed E-state index contributed by atoms with van der Waals surface area (Å²) in [6, 6.07) is 14.0. The van der Waals surface area contributed by atoms with Crippen LogP contribution in [-0.4, -0.2) is 77.5 Å². The van der Waals surface area contributed by atoms with E-state index in [4.69, 9.17) is 40.3 Å². The number of pyridine rings is 1. The second kappa shape index (κ2) is 11.9. The molecule has 5 heterocycles. The number of anilines is 1. The van der Waals surface area contributed by atoms with E-state index in [2.05, 4.69) is 25.4 Å². The normalized spacial score (nSPS) is 25.1. The molecule has 12 heteroatoms. The van der Waals surface area contributed by atoms with E-state index in [1.165, 1.54) is 7.11 Å². The van der Waals surface area contributed by atoms with Gasteiger partial charge in [-0.05, 0) is 62.1 Å². The third kappa shape index (κ3) is 5.25. The lowest BCUT2D eigenvalue weighted by molar-refractivity contribution is -0.0717. The monoisotopic (exact) mass is 659 g/mol. The summed E-state index contributed by atoms with van der Waals surface area (Å²) in [7, 11) is 3.00. The lowest BCUT2D eigenvalue weighted by atomic mass is 9.81. The average Bonchev–Trinajstić information content (AvgIpc) is 3.79. The Balaban J connectivity index is 1.07. The van der Waals surface area contributed by atoms with Gasteiger partial charge in [-0.15, -0.1) is 0 Å². The molecule has 0 spiro atoms. The molecule has 246 valence electrons. The van der Waals surface area contributed by atoms with Gasteiger partial charge < -0.3 is 33.2 Å². The number of carbonyl (C=O) groups excluding carboxylic acids is 1. The maximum Gasteiger partial charge on any atom is 0.338 e. The van der Waals surface area contributed by atoms with Gasteiger partial charge in [-0.2, -0.15) is 0 Å². The molecular weight excluding hydrogens is 622 g/mol. The maximum absolute atomic E-state index is 12.6. The van der Waals surface area contributed by atoms with E-state index in [9.17, 15) is 4.79 Å². The number of imidazole rings is 1. The van der Waals surface area contributed by atoms with Gasteiger partial charge in [0.15, 0.2) is 11.5 Å². The van der Waals surface area contributed by atoms with Crippen LogP contribution in [0.25, 0.3) is 11.0 Å². The van der Waals surface area contributed by atoms with Crippen LogP contribution in [0.15, 0.2) is 48.7 Å². The third-order valence-electron chi connectivity index (χ3n) is 10.1. The van der Waals surface area contributed by atoms with Gasteiger partial charge in [0.2, 0.25) is 0 Å². The number of carbonyl (C=O) groups is 1. The van der Waals surface area contributed by atoms with E-state index in [1.54, 1.807) is 25.4 Å². The summed E-state index contributed by atoms with van der Waals surface area (Å²) < 4.78 is 31.9. The van der Waals surface area contributed by atoms with E-state index in [0.29, 0.717) is 53.0 Å². The minimum atomic E-state index is -1.04. The Labute approximate surface area is 278 Å². The first kappa shape index (κ1) is 30.3. The molecule has 4 atom stereocenters. The molecule has 1 saturated carbocycles. The fourth-order valence-corrected chi connectivity index (χ4v) is 7.65. The first-order valence-electron chi connectivity index (χ1n) is 16.3. The van der Waals surface area contributed by atoms with Gasteiger partial charge in [-0.25, -0.2) is 9.78 Å². The molecular formula is C35H38ClN5O6. The molecule has 0 amide bonds. The Kier molecular flexibility index (Phi) is 7.65. The number of esters is 1. The lowest BCUT2D eigenvalue weighted by Crippen LogP contribution is -2.64. The van der Waals surface area contributed by atoms with Gasteiger partial charge in [-0.1, -0.05) is 17.7 Å². The van der Waals surface area contributed by atoms with Crippen molar-refractivity contribution in [2.24, 2.45) is 0 Å². The van der Waals surface area contributed by atoms with Crippen LogP contribution in [0.4, 0.5) is 5.69 Å². The number of ether oxygens (including phenoxy) is 5. The minimum Gasteiger partial charge on any atom is -0.494 e. The van der Waals surface area contributed by atoms with Gasteiger partial charge in [0.1, 0.15) is 22.8 Å². The Morgan fingerprint density at radius 2 is 1.96 bits per heavy atom. The van der Waals surface area contributed by atoms with Gasteiger partial charge in [0.05, 0.1) is 55.2 Å². The van der Waals surface area contributed by atoms with Crippen LogP contribution in [0.2, 0.25) is 5.02 Å². The predicted octanol–water partition coefficient (Wildman–Crippen LogP) is 5.56. The Bertz CT molecular complexity index is 1830. The molecule has 1 aliphatic carbocycles. The third-order valence-corrected chi connectivity index (χ3v) is 10.3. The SMILES string of the molecule is COC(=O)c1cc(OC)c2nc(CN3CCN(c4cccc5c4OC(C)(c4ccc(Cl)cn4)O5)C4CCC43)n(C[C@@H]3CCCO3)c2c1. The summed E-state index contributed by atoms with van der Waals surface area (Å²) in [5.74, 6) is 1.51. The highest BCUT2D eigenvalue weighted by Gasteiger charge is 2.47. The highest BCUT2D eigenvalue weighted by molar-refractivity contribution is 6.30. The van der Waals surface area contributed by atoms with Crippen LogP contribution in [-0.2, 0) is 28.4 Å². The highest BCUT2D eigenvalue weighted by atomic mass is 35.5. The molecule has 3 fully saturated rings. The Hall–Kier alpha value is -4.06. The van der Waals surface area contributed by atoms with Gasteiger partial charge in [0, 0.05) is 44.9 Å². The van der Waals surface area contributed by atoms with Gasteiger partial charge >= 0.3 is 5.97 Å². The largest absolute Gasteiger partial charge is 0.494 e. The zero-order chi connectivity index (χ0) is 32.3. The van der Waals surface area contributed by atoms with Crippen molar-refractivity contribution in [2.45, 2.75) is 69.7 Å². The molecule has 4 aliphatic rings. The second-order valence-electron chi connectivity index (χ2n) is 12.8. The van der Waals surface area contributed by atoms with Crippen LogP contribution in [0.3, 0.4) is 0 Å². The Morgan fingerprint density at radius 3 is 2.68 bits per heavy atom. The molecule has 0 bridgehead atoms. The number of rotatable bonds is 8. The number of fused-ring (bicyclic) bond motifs is 3.